The summed E-state index contributed by atoms with van der Waals surface area (Å²) in [6.07, 6.45) is 3.52. The SMILES string of the molecule is NCC(=O)NCC(=O)Nc1cc(Cl)ccc1N1CCCCC1. The first-order valence-electron chi connectivity index (χ1n) is 7.41. The van der Waals surface area contributed by atoms with Gasteiger partial charge >= 0.3 is 0 Å². The molecule has 1 aromatic carbocycles. The Labute approximate surface area is 135 Å². The van der Waals surface area contributed by atoms with Gasteiger partial charge in [0, 0.05) is 18.1 Å². The van der Waals surface area contributed by atoms with Crippen LogP contribution in [0.25, 0.3) is 0 Å². The molecule has 6 nitrogen and oxygen atoms in total. The molecule has 0 bridgehead atoms. The van der Waals surface area contributed by atoms with Crippen molar-refractivity contribution in [3.8, 4) is 0 Å². The van der Waals surface area contributed by atoms with Crippen LogP contribution in [0.4, 0.5) is 11.4 Å². The molecule has 7 heteroatoms. The molecule has 0 atom stereocenters. The largest absolute Gasteiger partial charge is 0.370 e. The predicted octanol–water partition coefficient (Wildman–Crippen LogP) is 1.34. The highest BCUT2D eigenvalue weighted by Crippen LogP contribution is 2.31. The van der Waals surface area contributed by atoms with Gasteiger partial charge in [0.2, 0.25) is 11.8 Å². The number of rotatable bonds is 5. The minimum absolute atomic E-state index is 0.109. The van der Waals surface area contributed by atoms with E-state index in [1.807, 2.05) is 12.1 Å². The summed E-state index contributed by atoms with van der Waals surface area (Å²) in [6, 6.07) is 5.47. The Morgan fingerprint density at radius 3 is 2.59 bits per heavy atom. The smallest absolute Gasteiger partial charge is 0.243 e. The molecule has 2 rings (SSSR count). The first-order chi connectivity index (χ1) is 10.6. The van der Waals surface area contributed by atoms with Crippen LogP contribution in [0.1, 0.15) is 19.3 Å². The third kappa shape index (κ3) is 4.61. The number of hydrogen-bond donors (Lipinski definition) is 3. The molecule has 0 saturated carbocycles. The fourth-order valence-corrected chi connectivity index (χ4v) is 2.64. The maximum Gasteiger partial charge on any atom is 0.243 e. The molecular formula is C15H21ClN4O2. The lowest BCUT2D eigenvalue weighted by Gasteiger charge is -2.30. The number of benzene rings is 1. The van der Waals surface area contributed by atoms with Crippen LogP contribution in [0.2, 0.25) is 5.02 Å². The van der Waals surface area contributed by atoms with Crippen molar-refractivity contribution >= 4 is 34.8 Å². The van der Waals surface area contributed by atoms with E-state index in [1.165, 1.54) is 6.42 Å². The normalized spacial score (nSPS) is 14.5. The summed E-state index contributed by atoms with van der Waals surface area (Å²) in [7, 11) is 0. The Bertz CT molecular complexity index is 544. The summed E-state index contributed by atoms with van der Waals surface area (Å²) in [5.41, 5.74) is 6.81. The zero-order valence-corrected chi connectivity index (χ0v) is 13.2. The standard InChI is InChI=1S/C15H21ClN4O2/c16-11-4-5-13(20-6-2-1-3-7-20)12(8-11)19-15(22)10-18-14(21)9-17/h4-5,8H,1-3,6-7,9-10,17H2,(H,18,21)(H,19,22). The molecule has 120 valence electrons. The van der Waals surface area contributed by atoms with Gasteiger partial charge in [-0.3, -0.25) is 9.59 Å². The van der Waals surface area contributed by atoms with Crippen LogP contribution in [0, 0.1) is 0 Å². The average Bonchev–Trinajstić information content (AvgIpc) is 2.53. The molecule has 0 radical (unpaired) electrons. The Balaban J connectivity index is 2.06. The zero-order chi connectivity index (χ0) is 15.9. The van der Waals surface area contributed by atoms with Gasteiger partial charge in [0.05, 0.1) is 24.5 Å². The summed E-state index contributed by atoms with van der Waals surface area (Å²) in [5, 5.41) is 5.81. The van der Waals surface area contributed by atoms with Gasteiger partial charge < -0.3 is 21.3 Å². The second-order valence-electron chi connectivity index (χ2n) is 5.24. The molecule has 0 aliphatic carbocycles. The first-order valence-corrected chi connectivity index (χ1v) is 7.79. The average molecular weight is 325 g/mol. The molecule has 0 aromatic heterocycles. The third-order valence-electron chi connectivity index (χ3n) is 3.56. The maximum absolute atomic E-state index is 12.0. The Morgan fingerprint density at radius 1 is 1.18 bits per heavy atom. The van der Waals surface area contributed by atoms with E-state index in [0.717, 1.165) is 31.6 Å². The number of halogens is 1. The molecule has 1 aromatic rings. The lowest BCUT2D eigenvalue weighted by atomic mass is 10.1. The number of nitrogens with two attached hydrogens (primary N) is 1. The molecule has 1 heterocycles. The molecule has 4 N–H and O–H groups in total. The monoisotopic (exact) mass is 324 g/mol. The number of piperidine rings is 1. The summed E-state index contributed by atoms with van der Waals surface area (Å²) in [6.45, 7) is 1.69. The van der Waals surface area contributed by atoms with Crippen LogP contribution in [0.15, 0.2) is 18.2 Å². The van der Waals surface area contributed by atoms with E-state index < -0.39 is 0 Å². The van der Waals surface area contributed by atoms with E-state index in [0.29, 0.717) is 10.7 Å². The van der Waals surface area contributed by atoms with Crippen LogP contribution in [-0.2, 0) is 9.59 Å². The molecule has 0 unspecified atom stereocenters. The van der Waals surface area contributed by atoms with Crippen LogP contribution < -0.4 is 21.3 Å². The first kappa shape index (κ1) is 16.6. The van der Waals surface area contributed by atoms with Crippen LogP contribution in [-0.4, -0.2) is 38.0 Å². The number of hydrogen-bond acceptors (Lipinski definition) is 4. The van der Waals surface area contributed by atoms with Gasteiger partial charge in [0.25, 0.3) is 0 Å². The number of carbonyl (C=O) groups excluding carboxylic acids is 2. The summed E-state index contributed by atoms with van der Waals surface area (Å²) >= 11 is 6.03. The van der Waals surface area contributed by atoms with Crippen LogP contribution in [0.5, 0.6) is 0 Å². The topological polar surface area (TPSA) is 87.5 Å². The van der Waals surface area contributed by atoms with Crippen LogP contribution in [0.3, 0.4) is 0 Å². The van der Waals surface area contributed by atoms with Crippen molar-refractivity contribution in [1.82, 2.24) is 5.32 Å². The number of nitrogens with one attached hydrogen (secondary N) is 2. The molecule has 2 amide bonds. The van der Waals surface area contributed by atoms with Gasteiger partial charge in [-0.1, -0.05) is 11.6 Å². The fourth-order valence-electron chi connectivity index (χ4n) is 2.46. The molecule has 1 fully saturated rings. The molecule has 22 heavy (non-hydrogen) atoms. The van der Waals surface area contributed by atoms with Crippen molar-refractivity contribution in [3.05, 3.63) is 23.2 Å². The van der Waals surface area contributed by atoms with Gasteiger partial charge in [-0.05, 0) is 37.5 Å². The Hall–Kier alpha value is -1.79. The highest BCUT2D eigenvalue weighted by Gasteiger charge is 2.16. The summed E-state index contributed by atoms with van der Waals surface area (Å²) < 4.78 is 0. The van der Waals surface area contributed by atoms with E-state index in [9.17, 15) is 9.59 Å². The second kappa shape index (κ2) is 8.00. The van der Waals surface area contributed by atoms with Crippen molar-refractivity contribution < 1.29 is 9.59 Å². The number of anilines is 2. The van der Waals surface area contributed by atoms with Gasteiger partial charge in [0.1, 0.15) is 0 Å². The van der Waals surface area contributed by atoms with Crippen molar-refractivity contribution in [2.24, 2.45) is 5.73 Å². The van der Waals surface area contributed by atoms with E-state index in [2.05, 4.69) is 15.5 Å². The summed E-state index contributed by atoms with van der Waals surface area (Å²) in [4.78, 5) is 25.3. The minimum atomic E-state index is -0.363. The van der Waals surface area contributed by atoms with Gasteiger partial charge in [0.15, 0.2) is 0 Å². The third-order valence-corrected chi connectivity index (χ3v) is 3.80. The quantitative estimate of drug-likeness (QED) is 0.763. The van der Waals surface area contributed by atoms with Crippen molar-refractivity contribution in [1.29, 1.82) is 0 Å². The van der Waals surface area contributed by atoms with E-state index in [4.69, 9.17) is 17.3 Å². The van der Waals surface area contributed by atoms with Crippen molar-refractivity contribution in [3.63, 3.8) is 0 Å². The minimum Gasteiger partial charge on any atom is -0.370 e. The number of carbonyl (C=O) groups is 2. The summed E-state index contributed by atoms with van der Waals surface area (Å²) in [5.74, 6) is -0.667. The highest BCUT2D eigenvalue weighted by atomic mass is 35.5. The molecule has 0 spiro atoms. The molecule has 1 saturated heterocycles. The lowest BCUT2D eigenvalue weighted by molar-refractivity contribution is -0.123. The van der Waals surface area contributed by atoms with E-state index in [1.54, 1.807) is 6.07 Å². The fraction of sp³-hybridized carbons (Fsp3) is 0.467. The van der Waals surface area contributed by atoms with Crippen molar-refractivity contribution in [2.45, 2.75) is 19.3 Å². The predicted molar refractivity (Wildman–Crippen MR) is 88.2 cm³/mol. The second-order valence-corrected chi connectivity index (χ2v) is 5.67. The lowest BCUT2D eigenvalue weighted by Crippen LogP contribution is -2.37. The van der Waals surface area contributed by atoms with Crippen LogP contribution >= 0.6 is 11.6 Å². The maximum atomic E-state index is 12.0. The molecular weight excluding hydrogens is 304 g/mol. The van der Waals surface area contributed by atoms with E-state index >= 15 is 0 Å². The Kier molecular flexibility index (Phi) is 6.03. The highest BCUT2D eigenvalue weighted by molar-refractivity contribution is 6.31. The number of nitrogens with zero attached hydrogens (tertiary/aromatic N) is 1. The Morgan fingerprint density at radius 2 is 1.91 bits per heavy atom. The number of amides is 2. The van der Waals surface area contributed by atoms with Gasteiger partial charge in [-0.2, -0.15) is 0 Å². The van der Waals surface area contributed by atoms with Crippen molar-refractivity contribution in [2.75, 3.05) is 36.4 Å². The van der Waals surface area contributed by atoms with E-state index in [-0.39, 0.29) is 24.9 Å². The zero-order valence-electron chi connectivity index (χ0n) is 12.4. The van der Waals surface area contributed by atoms with Gasteiger partial charge in [-0.25, -0.2) is 0 Å². The molecule has 1 aliphatic rings. The molecule has 1 aliphatic heterocycles. The van der Waals surface area contributed by atoms with Gasteiger partial charge in [-0.15, -0.1) is 0 Å².